The van der Waals surface area contributed by atoms with Crippen molar-refractivity contribution < 1.29 is 4.79 Å². The summed E-state index contributed by atoms with van der Waals surface area (Å²) in [5.74, 6) is 0.168. The van der Waals surface area contributed by atoms with Crippen LogP contribution in [0.2, 0.25) is 10.0 Å². The molecule has 0 aliphatic rings. The van der Waals surface area contributed by atoms with E-state index < -0.39 is 0 Å². The van der Waals surface area contributed by atoms with Crippen LogP contribution in [-0.2, 0) is 6.54 Å². The van der Waals surface area contributed by atoms with Crippen LogP contribution >= 0.6 is 23.2 Å². The van der Waals surface area contributed by atoms with Crippen molar-refractivity contribution in [3.8, 4) is 0 Å². The maximum absolute atomic E-state index is 12.2. The Balaban J connectivity index is 1.59. The number of nitrogens with zero attached hydrogens (tertiary/aromatic N) is 1. The van der Waals surface area contributed by atoms with Gasteiger partial charge in [-0.25, -0.2) is 4.98 Å². The molecule has 25 heavy (non-hydrogen) atoms. The van der Waals surface area contributed by atoms with Gasteiger partial charge in [-0.05, 0) is 42.0 Å². The minimum absolute atomic E-state index is 0.292. The highest BCUT2D eigenvalue weighted by Gasteiger charge is 2.10. The number of benzene rings is 2. The second-order valence-electron chi connectivity index (χ2n) is 5.35. The summed E-state index contributed by atoms with van der Waals surface area (Å²) in [6.07, 6.45) is 1.66. The second-order valence-corrected chi connectivity index (χ2v) is 6.19. The van der Waals surface area contributed by atoms with Crippen molar-refractivity contribution in [2.45, 2.75) is 6.54 Å². The molecular formula is C19H15Cl2N3O. The van der Waals surface area contributed by atoms with Crippen LogP contribution in [0.1, 0.15) is 15.9 Å². The molecule has 2 aromatic carbocycles. The molecule has 0 aliphatic carbocycles. The van der Waals surface area contributed by atoms with Crippen LogP contribution in [0, 0.1) is 0 Å². The molecule has 2 N–H and O–H groups in total. The number of halogens is 2. The summed E-state index contributed by atoms with van der Waals surface area (Å²) in [6, 6.07) is 18.1. The molecule has 0 unspecified atom stereocenters. The quantitative estimate of drug-likeness (QED) is 0.643. The molecule has 1 heterocycles. The predicted octanol–water partition coefficient (Wildman–Crippen LogP) is 5.25. The molecule has 0 spiro atoms. The van der Waals surface area contributed by atoms with Gasteiger partial charge in [-0.15, -0.1) is 0 Å². The highest BCUT2D eigenvalue weighted by Crippen LogP contribution is 2.17. The summed E-state index contributed by atoms with van der Waals surface area (Å²) in [4.78, 5) is 16.4. The third-order valence-corrected chi connectivity index (χ3v) is 4.12. The summed E-state index contributed by atoms with van der Waals surface area (Å²) in [7, 11) is 0. The topological polar surface area (TPSA) is 54.0 Å². The van der Waals surface area contributed by atoms with Crippen molar-refractivity contribution in [1.82, 2.24) is 4.98 Å². The van der Waals surface area contributed by atoms with Gasteiger partial charge in [0, 0.05) is 11.6 Å². The first kappa shape index (κ1) is 17.3. The zero-order valence-electron chi connectivity index (χ0n) is 13.2. The van der Waals surface area contributed by atoms with Crippen molar-refractivity contribution in [3.05, 3.63) is 88.0 Å². The minimum atomic E-state index is -0.292. The van der Waals surface area contributed by atoms with E-state index in [2.05, 4.69) is 15.6 Å². The van der Waals surface area contributed by atoms with E-state index in [1.807, 2.05) is 30.3 Å². The molecule has 0 fully saturated rings. The van der Waals surface area contributed by atoms with E-state index in [0.29, 0.717) is 28.0 Å². The molecule has 0 radical (unpaired) electrons. The van der Waals surface area contributed by atoms with Gasteiger partial charge in [0.2, 0.25) is 0 Å². The molecule has 0 bridgehead atoms. The van der Waals surface area contributed by atoms with E-state index in [9.17, 15) is 4.79 Å². The Labute approximate surface area is 155 Å². The molecular weight excluding hydrogens is 357 g/mol. The Kier molecular flexibility index (Phi) is 5.53. The van der Waals surface area contributed by atoms with Gasteiger partial charge in [0.15, 0.2) is 0 Å². The second kappa shape index (κ2) is 8.01. The smallest absolute Gasteiger partial charge is 0.258 e. The van der Waals surface area contributed by atoms with Crippen LogP contribution in [0.25, 0.3) is 0 Å². The number of carbonyl (C=O) groups excluding carboxylic acids is 1. The molecule has 0 aliphatic heterocycles. The van der Waals surface area contributed by atoms with Gasteiger partial charge in [0.1, 0.15) is 5.82 Å². The van der Waals surface area contributed by atoms with E-state index in [0.717, 1.165) is 11.3 Å². The first-order valence-electron chi connectivity index (χ1n) is 7.62. The molecule has 1 amide bonds. The maximum atomic E-state index is 12.2. The zero-order chi connectivity index (χ0) is 17.6. The fourth-order valence-electron chi connectivity index (χ4n) is 2.21. The van der Waals surface area contributed by atoms with E-state index >= 15 is 0 Å². The average Bonchev–Trinajstić information content (AvgIpc) is 2.63. The van der Waals surface area contributed by atoms with E-state index in [1.165, 1.54) is 0 Å². The van der Waals surface area contributed by atoms with Gasteiger partial charge in [-0.3, -0.25) is 4.79 Å². The van der Waals surface area contributed by atoms with Gasteiger partial charge < -0.3 is 10.6 Å². The Bertz CT molecular complexity index is 865. The van der Waals surface area contributed by atoms with Crippen molar-refractivity contribution in [3.63, 3.8) is 0 Å². The van der Waals surface area contributed by atoms with Crippen LogP contribution in [-0.4, -0.2) is 10.9 Å². The number of amides is 1. The number of pyridine rings is 1. The number of carbonyl (C=O) groups is 1. The van der Waals surface area contributed by atoms with Crippen molar-refractivity contribution in [2.75, 3.05) is 10.6 Å². The molecule has 6 heteroatoms. The monoisotopic (exact) mass is 371 g/mol. The van der Waals surface area contributed by atoms with Crippen LogP contribution in [0.4, 0.5) is 11.5 Å². The lowest BCUT2D eigenvalue weighted by Gasteiger charge is -2.09. The number of aromatic nitrogens is 1. The largest absolute Gasteiger partial charge is 0.380 e. The van der Waals surface area contributed by atoms with E-state index in [4.69, 9.17) is 23.2 Å². The molecule has 3 rings (SSSR count). The molecule has 4 nitrogen and oxygen atoms in total. The number of nitrogens with one attached hydrogen (secondary N) is 2. The Morgan fingerprint density at radius 3 is 2.40 bits per heavy atom. The predicted molar refractivity (Wildman–Crippen MR) is 102 cm³/mol. The standard InChI is InChI=1S/C19H15Cl2N3O/c20-14-7-5-13(6-8-14)11-22-15-9-10-18(23-12-15)24-19(25)16-3-1-2-4-17(16)21/h1-10,12,22H,11H2,(H,23,24,25). The third kappa shape index (κ3) is 4.72. The molecule has 0 atom stereocenters. The van der Waals surface area contributed by atoms with Crippen molar-refractivity contribution >= 4 is 40.6 Å². The molecule has 3 aromatic rings. The SMILES string of the molecule is O=C(Nc1ccc(NCc2ccc(Cl)cc2)cn1)c1ccccc1Cl. The summed E-state index contributed by atoms with van der Waals surface area (Å²) < 4.78 is 0. The zero-order valence-corrected chi connectivity index (χ0v) is 14.7. The molecule has 1 aromatic heterocycles. The Hall–Kier alpha value is -2.56. The summed E-state index contributed by atoms with van der Waals surface area (Å²) in [5.41, 5.74) is 2.38. The molecule has 0 saturated heterocycles. The lowest BCUT2D eigenvalue weighted by Crippen LogP contribution is -2.13. The first-order chi connectivity index (χ1) is 12.1. The molecule has 0 saturated carbocycles. The van der Waals surface area contributed by atoms with Crippen LogP contribution in [0.15, 0.2) is 66.9 Å². The lowest BCUT2D eigenvalue weighted by atomic mass is 10.2. The number of rotatable bonds is 5. The van der Waals surface area contributed by atoms with E-state index in [-0.39, 0.29) is 5.91 Å². The first-order valence-corrected chi connectivity index (χ1v) is 8.38. The average molecular weight is 372 g/mol. The minimum Gasteiger partial charge on any atom is -0.380 e. The van der Waals surface area contributed by atoms with Crippen molar-refractivity contribution in [1.29, 1.82) is 0 Å². The number of hydrogen-bond acceptors (Lipinski definition) is 3. The highest BCUT2D eigenvalue weighted by atomic mass is 35.5. The fourth-order valence-corrected chi connectivity index (χ4v) is 2.56. The Morgan fingerprint density at radius 1 is 0.960 bits per heavy atom. The van der Waals surface area contributed by atoms with Gasteiger partial charge in [0.25, 0.3) is 5.91 Å². The summed E-state index contributed by atoms with van der Waals surface area (Å²) in [5, 5.41) is 7.11. The third-order valence-electron chi connectivity index (χ3n) is 3.53. The summed E-state index contributed by atoms with van der Waals surface area (Å²) >= 11 is 11.9. The van der Waals surface area contributed by atoms with Crippen molar-refractivity contribution in [2.24, 2.45) is 0 Å². The fraction of sp³-hybridized carbons (Fsp3) is 0.0526. The Morgan fingerprint density at radius 2 is 1.72 bits per heavy atom. The van der Waals surface area contributed by atoms with Gasteiger partial charge >= 0.3 is 0 Å². The van der Waals surface area contributed by atoms with Crippen LogP contribution in [0.5, 0.6) is 0 Å². The highest BCUT2D eigenvalue weighted by molar-refractivity contribution is 6.34. The number of anilines is 2. The number of hydrogen-bond donors (Lipinski definition) is 2. The molecule has 126 valence electrons. The van der Waals surface area contributed by atoms with Crippen LogP contribution < -0.4 is 10.6 Å². The van der Waals surface area contributed by atoms with Gasteiger partial charge in [-0.2, -0.15) is 0 Å². The van der Waals surface area contributed by atoms with Crippen LogP contribution in [0.3, 0.4) is 0 Å². The normalized spacial score (nSPS) is 10.3. The van der Waals surface area contributed by atoms with E-state index in [1.54, 1.807) is 36.5 Å². The maximum Gasteiger partial charge on any atom is 0.258 e. The van der Waals surface area contributed by atoms with Gasteiger partial charge in [0.05, 0.1) is 22.5 Å². The van der Waals surface area contributed by atoms with Gasteiger partial charge in [-0.1, -0.05) is 47.5 Å². The summed E-state index contributed by atoms with van der Waals surface area (Å²) in [6.45, 7) is 0.657. The lowest BCUT2D eigenvalue weighted by molar-refractivity contribution is 0.102.